The average Bonchev–Trinajstić information content (AvgIpc) is 3.05. The Morgan fingerprint density at radius 1 is 0.512 bits per heavy atom. The van der Waals surface area contributed by atoms with Crippen LogP contribution in [-0.2, 0) is 19.7 Å². The summed E-state index contributed by atoms with van der Waals surface area (Å²) < 4.78 is 71.8. The Kier molecular flexibility index (Phi) is 7.46. The third-order valence-corrected chi connectivity index (χ3v) is 12.7. The highest BCUT2D eigenvalue weighted by Crippen LogP contribution is 2.48. The van der Waals surface area contributed by atoms with Crippen molar-refractivity contribution in [3.05, 3.63) is 163 Å². The molecule has 0 N–H and O–H groups in total. The molecule has 0 aliphatic rings. The average molecular weight is 607 g/mol. The van der Waals surface area contributed by atoms with Gasteiger partial charge in [0, 0.05) is 0 Å². The third kappa shape index (κ3) is 5.05. The summed E-state index contributed by atoms with van der Waals surface area (Å²) in [5, 5.41) is 3.52. The van der Waals surface area contributed by atoms with E-state index in [2.05, 4.69) is 0 Å². The largest absolute Gasteiger partial charge is 0.327 e. The van der Waals surface area contributed by atoms with Crippen molar-refractivity contribution in [3.63, 3.8) is 0 Å². The van der Waals surface area contributed by atoms with Gasteiger partial charge in [-0.2, -0.15) is 0 Å². The van der Waals surface area contributed by atoms with E-state index in [4.69, 9.17) is 0 Å². The molecule has 0 bridgehead atoms. The van der Waals surface area contributed by atoms with E-state index in [0.29, 0.717) is 5.56 Å². The molecule has 0 saturated carbocycles. The minimum absolute atomic E-state index is 0.206. The van der Waals surface area contributed by atoms with Crippen LogP contribution in [0.15, 0.2) is 161 Å². The van der Waals surface area contributed by atoms with Crippen LogP contribution < -0.4 is 0 Å². The van der Waals surface area contributed by atoms with E-state index in [0.717, 1.165) is 21.5 Å². The number of benzene rings is 6. The summed E-state index contributed by atoms with van der Waals surface area (Å²) in [6, 6.07) is 39.5. The molecule has 43 heavy (non-hydrogen) atoms. The zero-order valence-electron chi connectivity index (χ0n) is 22.9. The second-order valence-electron chi connectivity index (χ2n) is 10.3. The molecule has 1 unspecified atom stereocenters. The molecule has 0 heterocycles. The lowest BCUT2D eigenvalue weighted by atomic mass is 9.95. The molecule has 7 heteroatoms. The fourth-order valence-corrected chi connectivity index (χ4v) is 9.85. The predicted molar refractivity (Wildman–Crippen MR) is 171 cm³/mol. The Hall–Kier alpha value is -4.59. The van der Waals surface area contributed by atoms with E-state index < -0.39 is 39.7 Å². The highest BCUT2D eigenvalue weighted by Gasteiger charge is 2.62. The molecular weight excluding hydrogens is 580 g/mol. The molecule has 0 saturated heterocycles. The van der Waals surface area contributed by atoms with E-state index in [1.807, 2.05) is 66.7 Å². The summed E-state index contributed by atoms with van der Waals surface area (Å²) >= 11 is 0. The standard InChI is InChI=1S/C36H27FO4S2/c37-36(42(38,39)33-15-3-1-4-16-33,43(40,41)34-17-5-2-6-18-34)35(32-23-22-29-12-8-10-14-31(29)26-32)24-20-27-19-21-28-11-7-9-13-30(28)25-27/h1-26,35H/b24-20+. The van der Waals surface area contributed by atoms with Gasteiger partial charge in [-0.25, -0.2) is 21.2 Å². The van der Waals surface area contributed by atoms with Crippen LogP contribution in [0.2, 0.25) is 0 Å². The minimum atomic E-state index is -5.15. The second-order valence-corrected chi connectivity index (χ2v) is 14.7. The molecule has 6 aromatic rings. The highest BCUT2D eigenvalue weighted by atomic mass is 32.3. The Labute approximate surface area is 250 Å². The van der Waals surface area contributed by atoms with Crippen LogP contribution in [0.3, 0.4) is 0 Å². The number of halogens is 1. The van der Waals surface area contributed by atoms with Gasteiger partial charge in [-0.1, -0.05) is 127 Å². The molecule has 6 aromatic carbocycles. The lowest BCUT2D eigenvalue weighted by molar-refractivity contribution is 0.331. The smallest absolute Gasteiger partial charge is 0.219 e. The van der Waals surface area contributed by atoms with Gasteiger partial charge in [0.05, 0.1) is 15.7 Å². The summed E-state index contributed by atoms with van der Waals surface area (Å²) in [4.78, 5) is -0.858. The molecule has 0 amide bonds. The monoisotopic (exact) mass is 606 g/mol. The molecule has 1 atom stereocenters. The van der Waals surface area contributed by atoms with Gasteiger partial charge >= 0.3 is 4.33 Å². The fraction of sp³-hybridized carbons (Fsp3) is 0.0556. The zero-order valence-corrected chi connectivity index (χ0v) is 24.5. The summed E-state index contributed by atoms with van der Waals surface area (Å²) in [6.07, 6.45) is 2.94. The Morgan fingerprint density at radius 2 is 0.953 bits per heavy atom. The maximum atomic E-state index is 18.2. The van der Waals surface area contributed by atoms with Crippen molar-refractivity contribution < 1.29 is 21.2 Å². The fourth-order valence-electron chi connectivity index (χ4n) is 5.34. The van der Waals surface area contributed by atoms with Gasteiger partial charge in [0.2, 0.25) is 19.7 Å². The maximum Gasteiger partial charge on any atom is 0.327 e. The first-order chi connectivity index (χ1) is 20.7. The number of fused-ring (bicyclic) bond motifs is 2. The van der Waals surface area contributed by atoms with Crippen molar-refractivity contribution in [2.45, 2.75) is 20.0 Å². The van der Waals surface area contributed by atoms with Crippen molar-refractivity contribution in [2.75, 3.05) is 0 Å². The Morgan fingerprint density at radius 3 is 1.49 bits per heavy atom. The third-order valence-electron chi connectivity index (χ3n) is 7.60. The SMILES string of the molecule is O=S(=O)(c1ccccc1)C(F)(C(/C=C/c1ccc2ccccc2c1)c1ccc2ccccc2c1)S(=O)(=O)c1ccccc1. The molecule has 0 fully saturated rings. The van der Waals surface area contributed by atoms with Gasteiger partial charge in [0.15, 0.2) is 0 Å². The number of hydrogen-bond acceptors (Lipinski definition) is 4. The number of allylic oxidation sites excluding steroid dienone is 1. The Bertz CT molecular complexity index is 2110. The normalized spacial score (nSPS) is 13.4. The highest BCUT2D eigenvalue weighted by molar-refractivity contribution is 8.10. The van der Waals surface area contributed by atoms with Crippen molar-refractivity contribution >= 4 is 47.3 Å². The summed E-state index contributed by atoms with van der Waals surface area (Å²) in [5.74, 6) is -1.74. The van der Waals surface area contributed by atoms with Crippen molar-refractivity contribution in [3.8, 4) is 0 Å². The van der Waals surface area contributed by atoms with Gasteiger partial charge in [0.25, 0.3) is 0 Å². The summed E-state index contributed by atoms with van der Waals surface area (Å²) in [6.45, 7) is 0. The first kappa shape index (κ1) is 28.5. The summed E-state index contributed by atoms with van der Waals surface area (Å²) in [7, 11) is -10.3. The quantitative estimate of drug-likeness (QED) is 0.175. The van der Waals surface area contributed by atoms with Gasteiger partial charge < -0.3 is 0 Å². The molecule has 6 rings (SSSR count). The van der Waals surface area contributed by atoms with Crippen LogP contribution in [-0.4, -0.2) is 21.2 Å². The van der Waals surface area contributed by atoms with E-state index in [-0.39, 0.29) is 5.56 Å². The Balaban J connectivity index is 1.64. The van der Waals surface area contributed by atoms with Crippen molar-refractivity contribution in [2.24, 2.45) is 0 Å². The lowest BCUT2D eigenvalue weighted by Crippen LogP contribution is -2.47. The van der Waals surface area contributed by atoms with Gasteiger partial charge in [-0.3, -0.25) is 0 Å². The second kappa shape index (κ2) is 11.2. The van der Waals surface area contributed by atoms with E-state index in [9.17, 15) is 16.8 Å². The molecule has 0 radical (unpaired) electrons. The van der Waals surface area contributed by atoms with Crippen LogP contribution in [0.25, 0.3) is 27.6 Å². The lowest BCUT2D eigenvalue weighted by Gasteiger charge is -2.32. The number of hydrogen-bond donors (Lipinski definition) is 0. The van der Waals surface area contributed by atoms with E-state index >= 15 is 4.39 Å². The van der Waals surface area contributed by atoms with Gasteiger partial charge in [-0.15, -0.1) is 0 Å². The molecule has 214 valence electrons. The summed E-state index contributed by atoms with van der Waals surface area (Å²) in [5.41, 5.74) is 0.873. The van der Waals surface area contributed by atoms with Crippen LogP contribution in [0.1, 0.15) is 17.0 Å². The van der Waals surface area contributed by atoms with E-state index in [1.54, 1.807) is 36.4 Å². The molecule has 0 aromatic heterocycles. The molecule has 4 nitrogen and oxygen atoms in total. The maximum absolute atomic E-state index is 18.2. The topological polar surface area (TPSA) is 68.3 Å². The first-order valence-electron chi connectivity index (χ1n) is 13.7. The molecule has 0 aliphatic carbocycles. The predicted octanol–water partition coefficient (Wildman–Crippen LogP) is 8.36. The number of sulfone groups is 2. The number of alkyl halides is 1. The van der Waals surface area contributed by atoms with Crippen LogP contribution >= 0.6 is 0 Å². The van der Waals surface area contributed by atoms with Crippen LogP contribution in [0, 0.1) is 0 Å². The zero-order chi connectivity index (χ0) is 30.1. The van der Waals surface area contributed by atoms with E-state index in [1.165, 1.54) is 54.6 Å². The van der Waals surface area contributed by atoms with Crippen LogP contribution in [0.5, 0.6) is 0 Å². The molecular formula is C36H27FO4S2. The molecule has 0 aliphatic heterocycles. The van der Waals surface area contributed by atoms with Crippen molar-refractivity contribution in [1.29, 1.82) is 0 Å². The van der Waals surface area contributed by atoms with Crippen LogP contribution in [0.4, 0.5) is 4.39 Å². The number of rotatable bonds is 8. The van der Waals surface area contributed by atoms with Crippen molar-refractivity contribution in [1.82, 2.24) is 0 Å². The van der Waals surface area contributed by atoms with Gasteiger partial charge in [-0.05, 0) is 63.0 Å². The molecule has 0 spiro atoms. The first-order valence-corrected chi connectivity index (χ1v) is 16.6. The van der Waals surface area contributed by atoms with Gasteiger partial charge in [0.1, 0.15) is 0 Å². The minimum Gasteiger partial charge on any atom is -0.219 e.